The van der Waals surface area contributed by atoms with Gasteiger partial charge < -0.3 is 19.1 Å². The van der Waals surface area contributed by atoms with E-state index in [1.165, 1.54) is 4.90 Å². The van der Waals surface area contributed by atoms with E-state index < -0.39 is 20.3 Å². The lowest BCUT2D eigenvalue weighted by Crippen LogP contribution is -2.48. The highest BCUT2D eigenvalue weighted by Crippen LogP contribution is 2.46. The predicted molar refractivity (Wildman–Crippen MR) is 153 cm³/mol. The first-order valence-electron chi connectivity index (χ1n) is 14.0. The lowest BCUT2D eigenvalue weighted by molar-refractivity contribution is 0.200. The minimum atomic E-state index is -3.75. The number of sulfone groups is 1. The number of rotatable bonds is 5. The molecule has 1 aliphatic carbocycles. The van der Waals surface area contributed by atoms with Crippen LogP contribution in [0.25, 0.3) is 22.2 Å². The third-order valence-corrected chi connectivity index (χ3v) is 10.7. The quantitative estimate of drug-likeness (QED) is 0.342. The minimum absolute atomic E-state index is 0.144. The van der Waals surface area contributed by atoms with Crippen molar-refractivity contribution in [3.05, 3.63) is 53.7 Å². The fourth-order valence-corrected chi connectivity index (χ4v) is 7.82. The normalized spacial score (nSPS) is 19.4. The smallest absolute Gasteiger partial charge is 0.339 e. The summed E-state index contributed by atoms with van der Waals surface area (Å²) in [6, 6.07) is 9.56. The number of amides is 1. The van der Waals surface area contributed by atoms with Gasteiger partial charge in [-0.15, -0.1) is 0 Å². The zero-order chi connectivity index (χ0) is 28.5. The van der Waals surface area contributed by atoms with Gasteiger partial charge in [0.1, 0.15) is 23.9 Å². The van der Waals surface area contributed by atoms with Gasteiger partial charge in [-0.05, 0) is 63.8 Å². The van der Waals surface area contributed by atoms with Crippen LogP contribution in [0.15, 0.2) is 41.1 Å². The lowest BCUT2D eigenvalue weighted by Gasteiger charge is -2.38. The average Bonchev–Trinajstić information content (AvgIpc) is 3.72. The number of carbonyl (C=O) groups is 1. The minimum Gasteiger partial charge on any atom is -0.488 e. The van der Waals surface area contributed by atoms with Crippen molar-refractivity contribution in [2.45, 2.75) is 56.9 Å². The van der Waals surface area contributed by atoms with E-state index >= 15 is 0 Å². The van der Waals surface area contributed by atoms with E-state index in [4.69, 9.17) is 14.2 Å². The monoisotopic (exact) mass is 576 g/mol. The van der Waals surface area contributed by atoms with Crippen LogP contribution in [0.5, 0.6) is 5.75 Å². The molecule has 0 radical (unpaired) electrons. The molecule has 1 saturated carbocycles. The molecule has 0 unspecified atom stereocenters. The molecule has 1 saturated heterocycles. The van der Waals surface area contributed by atoms with Crippen molar-refractivity contribution < 1.29 is 22.5 Å². The number of aryl methyl sites for hydroxylation is 2. The van der Waals surface area contributed by atoms with E-state index in [-0.39, 0.29) is 12.1 Å². The first-order chi connectivity index (χ1) is 19.8. The molecule has 4 aromatic rings. The third-order valence-electron chi connectivity index (χ3n) is 8.61. The van der Waals surface area contributed by atoms with Gasteiger partial charge in [-0.25, -0.2) is 13.4 Å². The Morgan fingerprint density at radius 2 is 1.85 bits per heavy atom. The molecule has 3 aromatic heterocycles. The number of anilines is 1. The van der Waals surface area contributed by atoms with Crippen LogP contribution in [0.1, 0.15) is 48.9 Å². The predicted octanol–water partition coefficient (Wildman–Crippen LogP) is 4.28. The largest absolute Gasteiger partial charge is 0.488 e. The van der Waals surface area contributed by atoms with Gasteiger partial charge in [0.2, 0.25) is 15.8 Å². The molecule has 7 rings (SSSR count). The Kier molecular flexibility index (Phi) is 6.07. The number of nitrogens with zero attached hydrogens (tertiary/aromatic N) is 6. The van der Waals surface area contributed by atoms with Crippen molar-refractivity contribution in [2.24, 2.45) is 0 Å². The number of aromatic nitrogens is 4. The Morgan fingerprint density at radius 3 is 2.51 bits per heavy atom. The summed E-state index contributed by atoms with van der Waals surface area (Å²) in [4.78, 5) is 26.2. The number of ether oxygens (including phenoxy) is 1. The van der Waals surface area contributed by atoms with E-state index in [9.17, 15) is 13.2 Å². The number of imidazole rings is 1. The van der Waals surface area contributed by atoms with Crippen LogP contribution in [-0.4, -0.2) is 76.3 Å². The standard InChI is InChI=1S/C29H32N6O5S/c1-17-25(18(2)40-32-17)21-9-10-23-26-27(21)39-16-24(22-6-4-5-13-30-22)35(26)28(31-23)34-14-11-19(12-15-34)33(3)29(36)41(37,38)20-7-8-20/h4-6,9-10,13,19-20,24H,7-8,11-12,14-16H2,1-3H3/t24-/m1/s1. The number of piperidine rings is 1. The Bertz CT molecular complexity index is 1730. The van der Waals surface area contributed by atoms with Crippen LogP contribution < -0.4 is 9.64 Å². The molecule has 1 atom stereocenters. The third kappa shape index (κ3) is 4.18. The number of hydrogen-bond acceptors (Lipinski definition) is 9. The molecular formula is C29H32N6O5S. The molecule has 5 heterocycles. The van der Waals surface area contributed by atoms with Crippen molar-refractivity contribution in [2.75, 3.05) is 31.6 Å². The molecule has 3 aliphatic rings. The van der Waals surface area contributed by atoms with Crippen molar-refractivity contribution in [3.63, 3.8) is 0 Å². The summed E-state index contributed by atoms with van der Waals surface area (Å²) in [6.07, 6.45) is 4.24. The zero-order valence-electron chi connectivity index (χ0n) is 23.3. The van der Waals surface area contributed by atoms with E-state index in [0.29, 0.717) is 45.4 Å². The van der Waals surface area contributed by atoms with Crippen LogP contribution in [0.3, 0.4) is 0 Å². The number of hydrogen-bond donors (Lipinski definition) is 0. The average molecular weight is 577 g/mol. The van der Waals surface area contributed by atoms with Crippen molar-refractivity contribution in [1.82, 2.24) is 24.6 Å². The number of benzene rings is 1. The molecule has 214 valence electrons. The maximum atomic E-state index is 12.8. The van der Waals surface area contributed by atoms with Crippen molar-refractivity contribution in [3.8, 4) is 16.9 Å². The maximum absolute atomic E-state index is 12.8. The van der Waals surface area contributed by atoms with Gasteiger partial charge in [-0.3, -0.25) is 14.3 Å². The van der Waals surface area contributed by atoms with Gasteiger partial charge in [0.05, 0.1) is 27.7 Å². The van der Waals surface area contributed by atoms with Gasteiger partial charge in [-0.2, -0.15) is 0 Å². The fourth-order valence-electron chi connectivity index (χ4n) is 6.23. The summed E-state index contributed by atoms with van der Waals surface area (Å²) < 4.78 is 39.3. The summed E-state index contributed by atoms with van der Waals surface area (Å²) in [5.74, 6) is 2.28. The maximum Gasteiger partial charge on any atom is 0.339 e. The first kappa shape index (κ1) is 26.0. The summed E-state index contributed by atoms with van der Waals surface area (Å²) in [5.41, 5.74) is 5.22. The summed E-state index contributed by atoms with van der Waals surface area (Å²) in [7, 11) is -2.13. The van der Waals surface area contributed by atoms with Gasteiger partial charge in [0.25, 0.3) is 0 Å². The van der Waals surface area contributed by atoms with E-state index in [2.05, 4.69) is 19.6 Å². The van der Waals surface area contributed by atoms with Crippen LogP contribution >= 0.6 is 0 Å². The van der Waals surface area contributed by atoms with E-state index in [1.807, 2.05) is 44.2 Å². The molecule has 1 amide bonds. The van der Waals surface area contributed by atoms with Crippen LogP contribution in [0.2, 0.25) is 0 Å². The van der Waals surface area contributed by atoms with Crippen molar-refractivity contribution in [1.29, 1.82) is 0 Å². The molecule has 0 spiro atoms. The topological polar surface area (TPSA) is 124 Å². The highest BCUT2D eigenvalue weighted by atomic mass is 32.2. The molecule has 1 aromatic carbocycles. The Labute approximate surface area is 238 Å². The fraction of sp³-hybridized carbons (Fsp3) is 0.448. The second-order valence-corrected chi connectivity index (χ2v) is 13.3. The van der Waals surface area contributed by atoms with Crippen LogP contribution in [0.4, 0.5) is 10.7 Å². The van der Waals surface area contributed by atoms with Gasteiger partial charge in [0, 0.05) is 37.9 Å². The summed E-state index contributed by atoms with van der Waals surface area (Å²) >= 11 is 0. The summed E-state index contributed by atoms with van der Waals surface area (Å²) in [6.45, 7) is 5.48. The van der Waals surface area contributed by atoms with E-state index in [1.54, 1.807) is 13.2 Å². The lowest BCUT2D eigenvalue weighted by atomic mass is 10.0. The Balaban J connectivity index is 1.26. The number of carbonyl (C=O) groups excluding carboxylic acids is 1. The molecule has 11 nitrogen and oxygen atoms in total. The van der Waals surface area contributed by atoms with Gasteiger partial charge in [0.15, 0.2) is 5.75 Å². The summed E-state index contributed by atoms with van der Waals surface area (Å²) in [5, 5.41) is 2.91. The second-order valence-electron chi connectivity index (χ2n) is 11.2. The van der Waals surface area contributed by atoms with Gasteiger partial charge in [-0.1, -0.05) is 11.2 Å². The Hall–Kier alpha value is -3.93. The first-order valence-corrected chi connectivity index (χ1v) is 15.6. The molecule has 0 N–H and O–H groups in total. The SMILES string of the molecule is Cc1noc(C)c1-c1ccc2nc(N3CCC(N(C)C(=O)S(=O)(=O)C4CC4)CC3)n3c2c1OC[C@@H]3c1ccccn1. The second kappa shape index (κ2) is 9.57. The molecule has 2 fully saturated rings. The molecule has 41 heavy (non-hydrogen) atoms. The highest BCUT2D eigenvalue weighted by molar-refractivity contribution is 8.06. The highest BCUT2D eigenvalue weighted by Gasteiger charge is 2.44. The Morgan fingerprint density at radius 1 is 1.07 bits per heavy atom. The van der Waals surface area contributed by atoms with E-state index in [0.717, 1.165) is 51.0 Å². The van der Waals surface area contributed by atoms with Crippen LogP contribution in [-0.2, 0) is 9.84 Å². The molecule has 0 bridgehead atoms. The molecular weight excluding hydrogens is 544 g/mol. The van der Waals surface area contributed by atoms with Crippen LogP contribution in [0, 0.1) is 13.8 Å². The van der Waals surface area contributed by atoms with Gasteiger partial charge >= 0.3 is 5.24 Å². The molecule has 2 aliphatic heterocycles. The number of pyridine rings is 1. The molecule has 12 heteroatoms. The zero-order valence-corrected chi connectivity index (χ0v) is 24.1. The van der Waals surface area contributed by atoms with Crippen molar-refractivity contribution >= 4 is 32.1 Å².